The van der Waals surface area contributed by atoms with Crippen LogP contribution in [0.5, 0.6) is 0 Å². The van der Waals surface area contributed by atoms with Crippen LogP contribution in [0.1, 0.15) is 6.92 Å². The molecule has 0 aliphatic carbocycles. The van der Waals surface area contributed by atoms with Gasteiger partial charge in [0.05, 0.1) is 16.3 Å². The highest BCUT2D eigenvalue weighted by Crippen LogP contribution is 2.23. The van der Waals surface area contributed by atoms with Gasteiger partial charge in [-0.3, -0.25) is 10.1 Å². The SMILES string of the molecule is CCNCCNc1ccc([N+](=O)[O-])cc1N. The van der Waals surface area contributed by atoms with Crippen LogP contribution in [0.3, 0.4) is 0 Å². The highest BCUT2D eigenvalue weighted by atomic mass is 16.6. The summed E-state index contributed by atoms with van der Waals surface area (Å²) < 4.78 is 0. The number of nitrogens with two attached hydrogens (primary N) is 1. The summed E-state index contributed by atoms with van der Waals surface area (Å²) in [5, 5.41) is 16.7. The van der Waals surface area contributed by atoms with Crippen LogP contribution in [0.25, 0.3) is 0 Å². The molecule has 0 heterocycles. The highest BCUT2D eigenvalue weighted by molar-refractivity contribution is 5.69. The van der Waals surface area contributed by atoms with Gasteiger partial charge in [-0.25, -0.2) is 0 Å². The number of nitrogen functional groups attached to an aromatic ring is 1. The number of hydrogen-bond acceptors (Lipinski definition) is 5. The van der Waals surface area contributed by atoms with E-state index in [1.807, 2.05) is 6.92 Å². The van der Waals surface area contributed by atoms with Gasteiger partial charge in [-0.15, -0.1) is 0 Å². The van der Waals surface area contributed by atoms with Crippen molar-refractivity contribution in [2.24, 2.45) is 0 Å². The molecule has 0 atom stereocenters. The maximum absolute atomic E-state index is 10.5. The molecule has 0 spiro atoms. The minimum atomic E-state index is -0.460. The van der Waals surface area contributed by atoms with Gasteiger partial charge in [0, 0.05) is 25.2 Å². The van der Waals surface area contributed by atoms with E-state index >= 15 is 0 Å². The first kappa shape index (κ1) is 12.3. The Labute approximate surface area is 94.0 Å². The highest BCUT2D eigenvalue weighted by Gasteiger charge is 2.07. The molecule has 0 bridgehead atoms. The lowest BCUT2D eigenvalue weighted by molar-refractivity contribution is -0.384. The zero-order valence-electron chi connectivity index (χ0n) is 9.19. The van der Waals surface area contributed by atoms with Gasteiger partial charge in [0.1, 0.15) is 0 Å². The Morgan fingerprint density at radius 1 is 1.44 bits per heavy atom. The van der Waals surface area contributed by atoms with E-state index in [0.29, 0.717) is 5.69 Å². The Morgan fingerprint density at radius 3 is 2.75 bits per heavy atom. The van der Waals surface area contributed by atoms with Crippen molar-refractivity contribution in [3.05, 3.63) is 28.3 Å². The number of non-ortho nitro benzene ring substituents is 1. The smallest absolute Gasteiger partial charge is 0.271 e. The number of anilines is 2. The largest absolute Gasteiger partial charge is 0.397 e. The first-order valence-corrected chi connectivity index (χ1v) is 5.13. The number of benzene rings is 1. The monoisotopic (exact) mass is 224 g/mol. The van der Waals surface area contributed by atoms with Gasteiger partial charge < -0.3 is 16.4 Å². The zero-order chi connectivity index (χ0) is 12.0. The van der Waals surface area contributed by atoms with Gasteiger partial charge in [-0.1, -0.05) is 6.92 Å². The van der Waals surface area contributed by atoms with Crippen molar-refractivity contribution in [1.82, 2.24) is 5.32 Å². The molecule has 4 N–H and O–H groups in total. The normalized spacial score (nSPS) is 10.1. The molecule has 0 amide bonds. The van der Waals surface area contributed by atoms with Crippen LogP contribution in [-0.2, 0) is 0 Å². The van der Waals surface area contributed by atoms with Crippen LogP contribution < -0.4 is 16.4 Å². The van der Waals surface area contributed by atoms with E-state index in [1.54, 1.807) is 6.07 Å². The number of likely N-dealkylation sites (N-methyl/N-ethyl adjacent to an activating group) is 1. The molecule has 16 heavy (non-hydrogen) atoms. The molecular formula is C10H16N4O2. The van der Waals surface area contributed by atoms with E-state index in [-0.39, 0.29) is 5.69 Å². The lowest BCUT2D eigenvalue weighted by Crippen LogP contribution is -2.21. The van der Waals surface area contributed by atoms with Crippen LogP contribution in [-0.4, -0.2) is 24.6 Å². The Kier molecular flexibility index (Phi) is 4.53. The molecular weight excluding hydrogens is 208 g/mol. The summed E-state index contributed by atoms with van der Waals surface area (Å²) in [5.41, 5.74) is 6.82. The van der Waals surface area contributed by atoms with Crippen LogP contribution in [0.4, 0.5) is 17.1 Å². The first-order chi connectivity index (χ1) is 7.65. The summed E-state index contributed by atoms with van der Waals surface area (Å²) >= 11 is 0. The van der Waals surface area contributed by atoms with Gasteiger partial charge >= 0.3 is 0 Å². The van der Waals surface area contributed by atoms with Crippen LogP contribution in [0, 0.1) is 10.1 Å². The van der Waals surface area contributed by atoms with Crippen molar-refractivity contribution in [3.63, 3.8) is 0 Å². The second-order valence-corrected chi connectivity index (χ2v) is 3.31. The van der Waals surface area contributed by atoms with Crippen molar-refractivity contribution in [2.75, 3.05) is 30.7 Å². The molecule has 1 rings (SSSR count). The van der Waals surface area contributed by atoms with Crippen molar-refractivity contribution >= 4 is 17.1 Å². The topological polar surface area (TPSA) is 93.2 Å². The van der Waals surface area contributed by atoms with Gasteiger partial charge in [-0.05, 0) is 12.6 Å². The molecule has 1 aromatic carbocycles. The second kappa shape index (κ2) is 5.92. The number of nitrogens with zero attached hydrogens (tertiary/aromatic N) is 1. The maximum Gasteiger partial charge on any atom is 0.271 e. The fourth-order valence-corrected chi connectivity index (χ4v) is 1.29. The summed E-state index contributed by atoms with van der Waals surface area (Å²) in [6.45, 7) is 4.50. The third kappa shape index (κ3) is 3.39. The number of rotatable bonds is 6. The summed E-state index contributed by atoms with van der Waals surface area (Å²) in [5.74, 6) is 0. The number of nitro benzene ring substituents is 1. The Balaban J connectivity index is 2.57. The third-order valence-electron chi connectivity index (χ3n) is 2.11. The molecule has 6 heteroatoms. The number of nitrogens with one attached hydrogen (secondary N) is 2. The minimum absolute atomic E-state index is 0.00901. The number of nitro groups is 1. The first-order valence-electron chi connectivity index (χ1n) is 5.13. The molecule has 0 aliphatic rings. The van der Waals surface area contributed by atoms with Crippen molar-refractivity contribution in [1.29, 1.82) is 0 Å². The standard InChI is InChI=1S/C10H16N4O2/c1-2-12-5-6-13-10-4-3-8(14(15)16)7-9(10)11/h3-4,7,12-13H,2,5-6,11H2,1H3. The fourth-order valence-electron chi connectivity index (χ4n) is 1.29. The number of hydrogen-bond donors (Lipinski definition) is 3. The predicted octanol–water partition coefficient (Wildman–Crippen LogP) is 1.20. The quantitative estimate of drug-likeness (QED) is 0.292. The van der Waals surface area contributed by atoms with Crippen LogP contribution in [0.2, 0.25) is 0 Å². The van der Waals surface area contributed by atoms with Gasteiger partial charge in [0.15, 0.2) is 0 Å². The Morgan fingerprint density at radius 2 is 2.19 bits per heavy atom. The summed E-state index contributed by atoms with van der Waals surface area (Å²) in [7, 11) is 0. The molecule has 6 nitrogen and oxygen atoms in total. The van der Waals surface area contributed by atoms with E-state index in [2.05, 4.69) is 10.6 Å². The van der Waals surface area contributed by atoms with Gasteiger partial charge in [0.2, 0.25) is 0 Å². The average Bonchev–Trinajstić information content (AvgIpc) is 2.26. The maximum atomic E-state index is 10.5. The molecule has 0 radical (unpaired) electrons. The van der Waals surface area contributed by atoms with Crippen LogP contribution >= 0.6 is 0 Å². The predicted molar refractivity (Wildman–Crippen MR) is 64.5 cm³/mol. The molecule has 0 saturated heterocycles. The molecule has 0 saturated carbocycles. The average molecular weight is 224 g/mol. The molecule has 0 fully saturated rings. The molecule has 88 valence electrons. The van der Waals surface area contributed by atoms with Gasteiger partial charge in [-0.2, -0.15) is 0 Å². The minimum Gasteiger partial charge on any atom is -0.397 e. The summed E-state index contributed by atoms with van der Waals surface area (Å²) in [6, 6.07) is 4.42. The zero-order valence-corrected chi connectivity index (χ0v) is 9.19. The lowest BCUT2D eigenvalue weighted by atomic mass is 10.2. The van der Waals surface area contributed by atoms with Crippen molar-refractivity contribution in [3.8, 4) is 0 Å². The van der Waals surface area contributed by atoms with Gasteiger partial charge in [0.25, 0.3) is 5.69 Å². The van der Waals surface area contributed by atoms with Crippen molar-refractivity contribution in [2.45, 2.75) is 6.92 Å². The second-order valence-electron chi connectivity index (χ2n) is 3.31. The van der Waals surface area contributed by atoms with Crippen LogP contribution in [0.15, 0.2) is 18.2 Å². The van der Waals surface area contributed by atoms with E-state index in [1.165, 1.54) is 12.1 Å². The Bertz CT molecular complexity index is 368. The summed E-state index contributed by atoms with van der Waals surface area (Å²) in [6.07, 6.45) is 0. The third-order valence-corrected chi connectivity index (χ3v) is 2.11. The fraction of sp³-hybridized carbons (Fsp3) is 0.400. The molecule has 0 aromatic heterocycles. The molecule has 0 aliphatic heterocycles. The van der Waals surface area contributed by atoms with E-state index < -0.39 is 4.92 Å². The molecule has 0 unspecified atom stereocenters. The lowest BCUT2D eigenvalue weighted by Gasteiger charge is -2.08. The molecule has 1 aromatic rings. The van der Waals surface area contributed by atoms with E-state index in [0.717, 1.165) is 25.3 Å². The summed E-state index contributed by atoms with van der Waals surface area (Å²) in [4.78, 5) is 10.0. The Hall–Kier alpha value is -1.82. The van der Waals surface area contributed by atoms with E-state index in [9.17, 15) is 10.1 Å². The van der Waals surface area contributed by atoms with E-state index in [4.69, 9.17) is 5.73 Å². The van der Waals surface area contributed by atoms with Crippen molar-refractivity contribution < 1.29 is 4.92 Å².